The van der Waals surface area contributed by atoms with Crippen LogP contribution in [0.5, 0.6) is 5.75 Å². The Kier molecular flexibility index (Phi) is 4.58. The van der Waals surface area contributed by atoms with Crippen molar-refractivity contribution in [1.29, 1.82) is 0 Å². The number of oxazole rings is 1. The average molecular weight is 324 g/mol. The number of anilines is 1. The van der Waals surface area contributed by atoms with Gasteiger partial charge in [-0.1, -0.05) is 12.1 Å². The second-order valence-electron chi connectivity index (χ2n) is 5.08. The maximum absolute atomic E-state index is 12.3. The van der Waals surface area contributed by atoms with Crippen LogP contribution >= 0.6 is 0 Å². The lowest BCUT2D eigenvalue weighted by atomic mass is 10.1. The highest BCUT2D eigenvalue weighted by Crippen LogP contribution is 2.23. The van der Waals surface area contributed by atoms with E-state index in [1.165, 1.54) is 13.5 Å². The standard InChI is InChI=1S/C18H16N2O4/c1-23-16-7-6-15(8-14(16)10-21)20-18(22)13-4-2-12(3-5-13)17-9-19-11-24-17/h2-9,11,21H,10H2,1H3,(H,20,22). The van der Waals surface area contributed by atoms with Crippen molar-refractivity contribution in [1.82, 2.24) is 4.98 Å². The van der Waals surface area contributed by atoms with Crippen molar-refractivity contribution in [2.75, 3.05) is 12.4 Å². The van der Waals surface area contributed by atoms with Gasteiger partial charge in [-0.3, -0.25) is 4.79 Å². The van der Waals surface area contributed by atoms with Crippen molar-refractivity contribution in [3.05, 3.63) is 66.2 Å². The van der Waals surface area contributed by atoms with E-state index in [1.54, 1.807) is 48.7 Å². The molecule has 0 saturated heterocycles. The summed E-state index contributed by atoms with van der Waals surface area (Å²) >= 11 is 0. The molecule has 122 valence electrons. The summed E-state index contributed by atoms with van der Waals surface area (Å²) in [7, 11) is 1.53. The second-order valence-corrected chi connectivity index (χ2v) is 5.08. The first-order valence-corrected chi connectivity index (χ1v) is 7.29. The van der Waals surface area contributed by atoms with E-state index in [-0.39, 0.29) is 12.5 Å². The van der Waals surface area contributed by atoms with Crippen molar-refractivity contribution in [2.45, 2.75) is 6.61 Å². The van der Waals surface area contributed by atoms with Gasteiger partial charge in [0.25, 0.3) is 5.91 Å². The van der Waals surface area contributed by atoms with Gasteiger partial charge in [0.05, 0.1) is 19.9 Å². The Morgan fingerprint density at radius 2 is 2.04 bits per heavy atom. The molecule has 1 aromatic heterocycles. The molecule has 0 radical (unpaired) electrons. The van der Waals surface area contributed by atoms with E-state index in [9.17, 15) is 9.90 Å². The summed E-state index contributed by atoms with van der Waals surface area (Å²) in [5.41, 5.74) is 2.55. The van der Waals surface area contributed by atoms with Gasteiger partial charge in [0.1, 0.15) is 5.75 Å². The highest BCUT2D eigenvalue weighted by molar-refractivity contribution is 6.04. The van der Waals surface area contributed by atoms with Crippen LogP contribution in [0.25, 0.3) is 11.3 Å². The minimum Gasteiger partial charge on any atom is -0.496 e. The normalized spacial score (nSPS) is 10.4. The molecule has 6 heteroatoms. The first-order valence-electron chi connectivity index (χ1n) is 7.29. The number of rotatable bonds is 5. The molecule has 1 heterocycles. The van der Waals surface area contributed by atoms with Crippen LogP contribution in [-0.2, 0) is 6.61 Å². The molecule has 6 nitrogen and oxygen atoms in total. The van der Waals surface area contributed by atoms with Gasteiger partial charge in [-0.2, -0.15) is 0 Å². The number of benzene rings is 2. The molecule has 0 aliphatic carbocycles. The fourth-order valence-corrected chi connectivity index (χ4v) is 2.33. The highest BCUT2D eigenvalue weighted by Gasteiger charge is 2.09. The molecule has 0 aliphatic rings. The van der Waals surface area contributed by atoms with Crippen LogP contribution in [0.3, 0.4) is 0 Å². The molecule has 2 aromatic carbocycles. The zero-order valence-electron chi connectivity index (χ0n) is 13.0. The van der Waals surface area contributed by atoms with Crippen molar-refractivity contribution >= 4 is 11.6 Å². The summed E-state index contributed by atoms with van der Waals surface area (Å²) in [6.07, 6.45) is 2.97. The van der Waals surface area contributed by atoms with Gasteiger partial charge >= 0.3 is 0 Å². The number of nitrogens with one attached hydrogen (secondary N) is 1. The molecule has 0 saturated carbocycles. The highest BCUT2D eigenvalue weighted by atomic mass is 16.5. The zero-order chi connectivity index (χ0) is 16.9. The summed E-state index contributed by atoms with van der Waals surface area (Å²) in [5.74, 6) is 0.977. The third kappa shape index (κ3) is 3.28. The molecule has 24 heavy (non-hydrogen) atoms. The summed E-state index contributed by atoms with van der Waals surface area (Å²) in [6, 6.07) is 12.1. The molecular formula is C18H16N2O4. The third-order valence-corrected chi connectivity index (χ3v) is 3.57. The minimum atomic E-state index is -0.242. The van der Waals surface area contributed by atoms with Gasteiger partial charge < -0.3 is 19.6 Å². The van der Waals surface area contributed by atoms with E-state index < -0.39 is 0 Å². The molecule has 0 aliphatic heterocycles. The molecule has 2 N–H and O–H groups in total. The number of methoxy groups -OCH3 is 1. The Bertz CT molecular complexity index is 827. The quantitative estimate of drug-likeness (QED) is 0.753. The van der Waals surface area contributed by atoms with Crippen LogP contribution in [0.4, 0.5) is 5.69 Å². The van der Waals surface area contributed by atoms with Gasteiger partial charge in [-0.25, -0.2) is 4.98 Å². The Morgan fingerprint density at radius 3 is 2.67 bits per heavy atom. The Balaban J connectivity index is 1.75. The fourth-order valence-electron chi connectivity index (χ4n) is 2.33. The molecule has 3 aromatic rings. The lowest BCUT2D eigenvalue weighted by molar-refractivity contribution is 0.102. The van der Waals surface area contributed by atoms with Crippen molar-refractivity contribution in [3.63, 3.8) is 0 Å². The van der Waals surface area contributed by atoms with E-state index in [0.717, 1.165) is 5.56 Å². The number of aliphatic hydroxyl groups is 1. The third-order valence-electron chi connectivity index (χ3n) is 3.57. The lowest BCUT2D eigenvalue weighted by Gasteiger charge is -2.10. The minimum absolute atomic E-state index is 0.168. The van der Waals surface area contributed by atoms with Crippen LogP contribution in [0.15, 0.2) is 59.5 Å². The molecular weight excluding hydrogens is 308 g/mol. The van der Waals surface area contributed by atoms with Crippen LogP contribution in [0, 0.1) is 0 Å². The summed E-state index contributed by atoms with van der Waals surface area (Å²) in [4.78, 5) is 16.2. The summed E-state index contributed by atoms with van der Waals surface area (Å²) < 4.78 is 10.4. The molecule has 1 amide bonds. The van der Waals surface area contributed by atoms with E-state index in [1.807, 2.05) is 0 Å². The molecule has 0 fully saturated rings. The van der Waals surface area contributed by atoms with Crippen LogP contribution in [0.2, 0.25) is 0 Å². The number of carbonyl (C=O) groups excluding carboxylic acids is 1. The van der Waals surface area contributed by atoms with Crippen molar-refractivity contribution in [3.8, 4) is 17.1 Å². The molecule has 0 bridgehead atoms. The van der Waals surface area contributed by atoms with Gasteiger partial charge in [-0.15, -0.1) is 0 Å². The van der Waals surface area contributed by atoms with Crippen LogP contribution in [0.1, 0.15) is 15.9 Å². The average Bonchev–Trinajstić information content (AvgIpc) is 3.16. The largest absolute Gasteiger partial charge is 0.496 e. The topological polar surface area (TPSA) is 84.6 Å². The Morgan fingerprint density at radius 1 is 1.25 bits per heavy atom. The zero-order valence-corrected chi connectivity index (χ0v) is 13.0. The maximum atomic E-state index is 12.3. The number of hydrogen-bond acceptors (Lipinski definition) is 5. The van der Waals surface area contributed by atoms with Gasteiger partial charge in [0.2, 0.25) is 0 Å². The van der Waals surface area contributed by atoms with Crippen LogP contribution in [-0.4, -0.2) is 23.1 Å². The Hall–Kier alpha value is -3.12. The summed E-state index contributed by atoms with van der Waals surface area (Å²) in [5, 5.41) is 12.1. The molecule has 3 rings (SSSR count). The van der Waals surface area contributed by atoms with Crippen molar-refractivity contribution in [2.24, 2.45) is 0 Å². The number of nitrogens with zero attached hydrogens (tertiary/aromatic N) is 1. The number of aliphatic hydroxyl groups excluding tert-OH is 1. The maximum Gasteiger partial charge on any atom is 0.255 e. The summed E-state index contributed by atoms with van der Waals surface area (Å²) in [6.45, 7) is -0.168. The van der Waals surface area contributed by atoms with Crippen LogP contribution < -0.4 is 10.1 Å². The van der Waals surface area contributed by atoms with Gasteiger partial charge in [-0.05, 0) is 30.3 Å². The van der Waals surface area contributed by atoms with Gasteiger partial charge in [0.15, 0.2) is 12.2 Å². The Labute approximate surface area is 138 Å². The van der Waals surface area contributed by atoms with E-state index in [4.69, 9.17) is 9.15 Å². The number of aromatic nitrogens is 1. The van der Waals surface area contributed by atoms with Gasteiger partial charge in [0, 0.05) is 22.4 Å². The number of ether oxygens (including phenoxy) is 1. The molecule has 0 atom stereocenters. The number of carbonyl (C=O) groups is 1. The fraction of sp³-hybridized carbons (Fsp3) is 0.111. The SMILES string of the molecule is COc1ccc(NC(=O)c2ccc(-c3cnco3)cc2)cc1CO. The molecule has 0 spiro atoms. The first-order chi connectivity index (χ1) is 11.7. The second kappa shape index (κ2) is 6.97. The number of amides is 1. The molecule has 0 unspecified atom stereocenters. The first kappa shape index (κ1) is 15.8. The van der Waals surface area contributed by atoms with E-state index >= 15 is 0 Å². The predicted octanol–water partition coefficient (Wildman–Crippen LogP) is 3.09. The smallest absolute Gasteiger partial charge is 0.255 e. The van der Waals surface area contributed by atoms with Crippen molar-refractivity contribution < 1.29 is 19.1 Å². The number of hydrogen-bond donors (Lipinski definition) is 2. The van der Waals surface area contributed by atoms with E-state index in [2.05, 4.69) is 10.3 Å². The van der Waals surface area contributed by atoms with E-state index in [0.29, 0.717) is 28.3 Å². The lowest BCUT2D eigenvalue weighted by Crippen LogP contribution is -2.12. The predicted molar refractivity (Wildman–Crippen MR) is 88.8 cm³/mol. The monoisotopic (exact) mass is 324 g/mol.